The SMILES string of the molecule is CC(=O)NC(CCC(N)=O)C(=O)N(C(=O)NCCCCNc1ncccn1)C1Cc2ccccc2C1. The second-order valence-electron chi connectivity index (χ2n) is 8.74. The first kappa shape index (κ1) is 26.6. The van der Waals surface area contributed by atoms with Crippen molar-refractivity contribution < 1.29 is 19.2 Å². The number of rotatable bonds is 12. The number of fused-ring (bicyclic) bond motifs is 1. The normalized spacial score (nSPS) is 13.4. The molecule has 1 atom stereocenters. The monoisotopic (exact) mass is 495 g/mol. The Balaban J connectivity index is 1.63. The van der Waals surface area contributed by atoms with Gasteiger partial charge in [-0.3, -0.25) is 19.3 Å². The van der Waals surface area contributed by atoms with Crippen LogP contribution in [0, 0.1) is 0 Å². The number of nitrogens with zero attached hydrogens (tertiary/aromatic N) is 3. The summed E-state index contributed by atoms with van der Waals surface area (Å²) in [5.41, 5.74) is 7.42. The molecule has 0 fully saturated rings. The van der Waals surface area contributed by atoms with Crippen molar-refractivity contribution in [2.24, 2.45) is 5.73 Å². The maximum absolute atomic E-state index is 13.5. The fourth-order valence-electron chi connectivity index (χ4n) is 4.24. The Kier molecular flexibility index (Phi) is 9.73. The van der Waals surface area contributed by atoms with E-state index >= 15 is 0 Å². The number of primary amides is 1. The molecule has 11 nitrogen and oxygen atoms in total. The summed E-state index contributed by atoms with van der Waals surface area (Å²) < 4.78 is 0. The predicted molar refractivity (Wildman–Crippen MR) is 134 cm³/mol. The van der Waals surface area contributed by atoms with Crippen LogP contribution in [-0.4, -0.2) is 63.8 Å². The molecule has 2 aromatic rings. The average molecular weight is 496 g/mol. The number of nitrogens with one attached hydrogen (secondary N) is 3. The molecule has 1 aromatic heterocycles. The molecule has 1 aliphatic carbocycles. The fraction of sp³-hybridized carbons (Fsp3) is 0.440. The summed E-state index contributed by atoms with van der Waals surface area (Å²) in [5.74, 6) is -1.02. The van der Waals surface area contributed by atoms with Gasteiger partial charge in [0.1, 0.15) is 6.04 Å². The van der Waals surface area contributed by atoms with Gasteiger partial charge < -0.3 is 21.7 Å². The predicted octanol–water partition coefficient (Wildman–Crippen LogP) is 1.14. The minimum Gasteiger partial charge on any atom is -0.370 e. The van der Waals surface area contributed by atoms with Gasteiger partial charge in [0.05, 0.1) is 0 Å². The number of anilines is 1. The summed E-state index contributed by atoms with van der Waals surface area (Å²) in [5, 5.41) is 8.53. The van der Waals surface area contributed by atoms with E-state index in [2.05, 4.69) is 25.9 Å². The molecule has 0 saturated carbocycles. The largest absolute Gasteiger partial charge is 0.370 e. The first-order chi connectivity index (χ1) is 17.3. The molecule has 0 bridgehead atoms. The number of aromatic nitrogens is 2. The van der Waals surface area contributed by atoms with Crippen LogP contribution in [-0.2, 0) is 27.2 Å². The standard InChI is InChI=1S/C25H33N7O4/c1-17(33)31-21(9-10-22(26)34)23(35)32(20-15-18-7-2-3-8-19(18)16-20)25(36)30-12-5-4-11-27-24-28-13-6-14-29-24/h2-3,6-8,13-14,20-21H,4-5,9-12,15-16H2,1H3,(H2,26,34)(H,30,36)(H,31,33)(H,27,28,29). The summed E-state index contributed by atoms with van der Waals surface area (Å²) in [7, 11) is 0. The highest BCUT2D eigenvalue weighted by Gasteiger charge is 2.37. The maximum atomic E-state index is 13.5. The van der Waals surface area contributed by atoms with E-state index in [0.717, 1.165) is 17.5 Å². The van der Waals surface area contributed by atoms with E-state index in [1.807, 2.05) is 24.3 Å². The van der Waals surface area contributed by atoms with Crippen LogP contribution in [0.1, 0.15) is 43.7 Å². The van der Waals surface area contributed by atoms with Gasteiger partial charge in [0.2, 0.25) is 17.8 Å². The number of hydrogen-bond donors (Lipinski definition) is 4. The molecular weight excluding hydrogens is 462 g/mol. The number of imide groups is 1. The highest BCUT2D eigenvalue weighted by atomic mass is 16.2. The number of nitrogens with two attached hydrogens (primary N) is 1. The minimum atomic E-state index is -1.03. The van der Waals surface area contributed by atoms with Crippen molar-refractivity contribution in [1.82, 2.24) is 25.5 Å². The van der Waals surface area contributed by atoms with Gasteiger partial charge in [-0.2, -0.15) is 0 Å². The Labute approximate surface area is 210 Å². The van der Waals surface area contributed by atoms with E-state index < -0.39 is 35.8 Å². The number of hydrogen-bond acceptors (Lipinski definition) is 7. The summed E-state index contributed by atoms with van der Waals surface area (Å²) >= 11 is 0. The maximum Gasteiger partial charge on any atom is 0.324 e. The third-order valence-electron chi connectivity index (χ3n) is 5.93. The number of carbonyl (C=O) groups excluding carboxylic acids is 4. The van der Waals surface area contributed by atoms with Crippen LogP contribution in [0.4, 0.5) is 10.7 Å². The Hall–Kier alpha value is -4.02. The van der Waals surface area contributed by atoms with Crippen molar-refractivity contribution in [1.29, 1.82) is 0 Å². The molecule has 1 aromatic carbocycles. The molecule has 3 rings (SSSR count). The molecule has 1 heterocycles. The second-order valence-corrected chi connectivity index (χ2v) is 8.74. The van der Waals surface area contributed by atoms with E-state index in [1.54, 1.807) is 18.5 Å². The molecule has 11 heteroatoms. The Morgan fingerprint density at radius 1 is 1.03 bits per heavy atom. The van der Waals surface area contributed by atoms with E-state index in [1.165, 1.54) is 11.8 Å². The van der Waals surface area contributed by atoms with Gasteiger partial charge in [0, 0.05) is 44.9 Å². The third kappa shape index (κ3) is 7.76. The van der Waals surface area contributed by atoms with Crippen LogP contribution < -0.4 is 21.7 Å². The van der Waals surface area contributed by atoms with Crippen molar-refractivity contribution in [2.75, 3.05) is 18.4 Å². The molecule has 192 valence electrons. The Bertz CT molecular complexity index is 1040. The van der Waals surface area contributed by atoms with Crippen LogP contribution in [0.25, 0.3) is 0 Å². The van der Waals surface area contributed by atoms with E-state index in [9.17, 15) is 19.2 Å². The van der Waals surface area contributed by atoms with Gasteiger partial charge in [-0.1, -0.05) is 24.3 Å². The van der Waals surface area contributed by atoms with Gasteiger partial charge >= 0.3 is 6.03 Å². The van der Waals surface area contributed by atoms with Gasteiger partial charge in [-0.05, 0) is 49.3 Å². The minimum absolute atomic E-state index is 0.0183. The number of unbranched alkanes of at least 4 members (excludes halogenated alkanes) is 1. The summed E-state index contributed by atoms with van der Waals surface area (Å²) in [6, 6.07) is 7.61. The highest BCUT2D eigenvalue weighted by molar-refractivity contribution is 5.99. The number of urea groups is 1. The first-order valence-electron chi connectivity index (χ1n) is 12.1. The summed E-state index contributed by atoms with van der Waals surface area (Å²) in [4.78, 5) is 59.3. The summed E-state index contributed by atoms with van der Waals surface area (Å²) in [6.07, 6.45) is 5.72. The molecule has 0 radical (unpaired) electrons. The number of amides is 5. The molecule has 36 heavy (non-hydrogen) atoms. The lowest BCUT2D eigenvalue weighted by atomic mass is 10.1. The molecule has 1 aliphatic rings. The van der Waals surface area contributed by atoms with Crippen LogP contribution in [0.5, 0.6) is 0 Å². The first-order valence-corrected chi connectivity index (χ1v) is 12.1. The molecule has 5 N–H and O–H groups in total. The molecule has 0 spiro atoms. The zero-order valence-electron chi connectivity index (χ0n) is 20.4. The molecule has 0 saturated heterocycles. The van der Waals surface area contributed by atoms with Crippen molar-refractivity contribution in [3.8, 4) is 0 Å². The molecule has 1 unspecified atom stereocenters. The van der Waals surface area contributed by atoms with Crippen molar-refractivity contribution in [2.45, 2.75) is 57.5 Å². The van der Waals surface area contributed by atoms with Crippen LogP contribution >= 0.6 is 0 Å². The van der Waals surface area contributed by atoms with Crippen molar-refractivity contribution >= 4 is 29.7 Å². The van der Waals surface area contributed by atoms with E-state index in [0.29, 0.717) is 38.3 Å². The smallest absolute Gasteiger partial charge is 0.324 e. The van der Waals surface area contributed by atoms with Crippen molar-refractivity contribution in [3.63, 3.8) is 0 Å². The lowest BCUT2D eigenvalue weighted by molar-refractivity contribution is -0.135. The number of carbonyl (C=O) groups is 4. The topological polar surface area (TPSA) is 159 Å². The van der Waals surface area contributed by atoms with Crippen LogP contribution in [0.2, 0.25) is 0 Å². The van der Waals surface area contributed by atoms with Gasteiger partial charge in [-0.25, -0.2) is 14.8 Å². The highest BCUT2D eigenvalue weighted by Crippen LogP contribution is 2.26. The van der Waals surface area contributed by atoms with Gasteiger partial charge in [-0.15, -0.1) is 0 Å². The average Bonchev–Trinajstić information content (AvgIpc) is 3.27. The van der Waals surface area contributed by atoms with Crippen molar-refractivity contribution in [3.05, 3.63) is 53.9 Å². The van der Waals surface area contributed by atoms with Crippen LogP contribution in [0.15, 0.2) is 42.7 Å². The van der Waals surface area contributed by atoms with Crippen LogP contribution in [0.3, 0.4) is 0 Å². The zero-order valence-corrected chi connectivity index (χ0v) is 20.4. The fourth-order valence-corrected chi connectivity index (χ4v) is 4.24. The van der Waals surface area contributed by atoms with E-state index in [-0.39, 0.29) is 12.8 Å². The van der Waals surface area contributed by atoms with Gasteiger partial charge in [0.15, 0.2) is 0 Å². The van der Waals surface area contributed by atoms with E-state index in [4.69, 9.17) is 5.73 Å². The van der Waals surface area contributed by atoms with Gasteiger partial charge in [0.25, 0.3) is 5.91 Å². The molecule has 5 amide bonds. The molecule has 0 aliphatic heterocycles. The third-order valence-corrected chi connectivity index (χ3v) is 5.93. The lowest BCUT2D eigenvalue weighted by Crippen LogP contribution is -2.57. The quantitative estimate of drug-likeness (QED) is 0.321. The second kappa shape index (κ2) is 13.2. The zero-order chi connectivity index (χ0) is 25.9. The summed E-state index contributed by atoms with van der Waals surface area (Å²) in [6.45, 7) is 2.29. The number of benzene rings is 1. The Morgan fingerprint density at radius 3 is 2.28 bits per heavy atom. The lowest BCUT2D eigenvalue weighted by Gasteiger charge is -2.31. The molecular formula is C25H33N7O4. The Morgan fingerprint density at radius 2 is 1.67 bits per heavy atom.